The van der Waals surface area contributed by atoms with Crippen LogP contribution in [-0.2, 0) is 16.4 Å². The summed E-state index contributed by atoms with van der Waals surface area (Å²) in [5.41, 5.74) is 7.67. The van der Waals surface area contributed by atoms with Crippen LogP contribution in [0.2, 0.25) is 0 Å². The molecule has 1 saturated heterocycles. The Bertz CT molecular complexity index is 783. The summed E-state index contributed by atoms with van der Waals surface area (Å²) in [6, 6.07) is 3.07. The first-order valence-corrected chi connectivity index (χ1v) is 8.30. The van der Waals surface area contributed by atoms with Gasteiger partial charge in [0.25, 0.3) is 0 Å². The zero-order valence-corrected chi connectivity index (χ0v) is 12.0. The van der Waals surface area contributed by atoms with E-state index in [1.807, 2.05) is 0 Å². The number of benzene rings is 1. The average molecular weight is 297 g/mol. The number of hydrogen-bond acceptors (Lipinski definition) is 4. The lowest BCUT2D eigenvalue weighted by Crippen LogP contribution is -2.14. The maximum atomic E-state index is 13.5. The molecule has 20 heavy (non-hydrogen) atoms. The van der Waals surface area contributed by atoms with Crippen molar-refractivity contribution < 1.29 is 12.8 Å². The van der Waals surface area contributed by atoms with Crippen molar-refractivity contribution in [3.8, 4) is 0 Å². The molecule has 7 heteroatoms. The summed E-state index contributed by atoms with van der Waals surface area (Å²) in [6.07, 6.45) is 0.640. The third-order valence-electron chi connectivity index (χ3n) is 3.83. The second-order valence-corrected chi connectivity index (χ2v) is 7.67. The van der Waals surface area contributed by atoms with Crippen LogP contribution in [0.5, 0.6) is 0 Å². The number of nitrogen functional groups attached to an aromatic ring is 1. The van der Waals surface area contributed by atoms with Crippen molar-refractivity contribution in [3.63, 3.8) is 0 Å². The Labute approximate surface area is 116 Å². The summed E-state index contributed by atoms with van der Waals surface area (Å²) in [5.74, 6) is 0.453. The number of aromatic nitrogens is 2. The van der Waals surface area contributed by atoms with Gasteiger partial charge in [-0.2, -0.15) is 0 Å². The van der Waals surface area contributed by atoms with Crippen molar-refractivity contribution >= 4 is 26.8 Å². The Morgan fingerprint density at radius 1 is 1.50 bits per heavy atom. The summed E-state index contributed by atoms with van der Waals surface area (Å²) in [6.45, 7) is 2.19. The summed E-state index contributed by atoms with van der Waals surface area (Å²) < 4.78 is 38.3. The van der Waals surface area contributed by atoms with Crippen molar-refractivity contribution in [2.45, 2.75) is 19.9 Å². The maximum absolute atomic E-state index is 13.5. The van der Waals surface area contributed by atoms with Crippen molar-refractivity contribution in [1.82, 2.24) is 9.55 Å². The van der Waals surface area contributed by atoms with Crippen LogP contribution < -0.4 is 5.73 Å². The molecular formula is C13H16FN3O2S. The van der Waals surface area contributed by atoms with Gasteiger partial charge in [0.15, 0.2) is 9.84 Å². The highest BCUT2D eigenvalue weighted by atomic mass is 32.2. The number of nitrogens with zero attached hydrogens (tertiary/aromatic N) is 2. The standard InChI is InChI=1S/C13H16FN3O2S/c1-8-4-12-11(5-10(8)14)16-13(15)17(12)6-9-2-3-20(18,19)7-9/h4-5,9H,2-3,6-7H2,1H3,(H2,15,16). The lowest BCUT2D eigenvalue weighted by atomic mass is 10.1. The fourth-order valence-electron chi connectivity index (χ4n) is 2.73. The quantitative estimate of drug-likeness (QED) is 0.911. The normalized spacial score (nSPS) is 21.6. The number of fused-ring (bicyclic) bond motifs is 1. The minimum atomic E-state index is -2.91. The van der Waals surface area contributed by atoms with Crippen LogP contribution in [0, 0.1) is 18.7 Å². The second-order valence-electron chi connectivity index (χ2n) is 5.44. The van der Waals surface area contributed by atoms with E-state index in [0.29, 0.717) is 30.0 Å². The molecule has 1 unspecified atom stereocenters. The zero-order valence-electron chi connectivity index (χ0n) is 11.1. The Balaban J connectivity index is 1.99. The van der Waals surface area contributed by atoms with Gasteiger partial charge < -0.3 is 10.3 Å². The molecule has 0 spiro atoms. The molecule has 0 bridgehead atoms. The van der Waals surface area contributed by atoms with Gasteiger partial charge in [0.05, 0.1) is 22.5 Å². The molecule has 5 nitrogen and oxygen atoms in total. The van der Waals surface area contributed by atoms with E-state index in [2.05, 4.69) is 4.98 Å². The smallest absolute Gasteiger partial charge is 0.201 e. The first-order chi connectivity index (χ1) is 9.35. The van der Waals surface area contributed by atoms with Gasteiger partial charge in [-0.25, -0.2) is 17.8 Å². The molecule has 1 aliphatic rings. The van der Waals surface area contributed by atoms with E-state index in [-0.39, 0.29) is 23.2 Å². The van der Waals surface area contributed by atoms with Crippen molar-refractivity contribution in [3.05, 3.63) is 23.5 Å². The molecule has 2 heterocycles. The van der Waals surface area contributed by atoms with Gasteiger partial charge in [0.2, 0.25) is 5.95 Å². The van der Waals surface area contributed by atoms with E-state index < -0.39 is 9.84 Å². The Hall–Kier alpha value is -1.63. The van der Waals surface area contributed by atoms with Crippen molar-refractivity contribution in [1.29, 1.82) is 0 Å². The Morgan fingerprint density at radius 2 is 2.25 bits per heavy atom. The van der Waals surface area contributed by atoms with Crippen LogP contribution >= 0.6 is 0 Å². The number of halogens is 1. The van der Waals surface area contributed by atoms with E-state index in [0.717, 1.165) is 5.52 Å². The summed E-state index contributed by atoms with van der Waals surface area (Å²) in [4.78, 5) is 4.14. The SMILES string of the molecule is Cc1cc2c(cc1F)nc(N)n2CC1CCS(=O)(=O)C1. The molecule has 2 N–H and O–H groups in total. The molecule has 108 valence electrons. The predicted molar refractivity (Wildman–Crippen MR) is 75.6 cm³/mol. The third kappa shape index (κ3) is 2.26. The van der Waals surface area contributed by atoms with Crippen molar-refractivity contribution in [2.24, 2.45) is 5.92 Å². The minimum Gasteiger partial charge on any atom is -0.369 e. The summed E-state index contributed by atoms with van der Waals surface area (Å²) in [5, 5.41) is 0. The van der Waals surface area contributed by atoms with Crippen molar-refractivity contribution in [2.75, 3.05) is 17.2 Å². The fourth-order valence-corrected chi connectivity index (χ4v) is 4.58. The average Bonchev–Trinajstić information content (AvgIpc) is 2.83. The number of imidazole rings is 1. The number of rotatable bonds is 2. The number of nitrogens with two attached hydrogens (primary N) is 1. The maximum Gasteiger partial charge on any atom is 0.201 e. The first kappa shape index (κ1) is 13.4. The highest BCUT2D eigenvalue weighted by Gasteiger charge is 2.29. The first-order valence-electron chi connectivity index (χ1n) is 6.48. The van der Waals surface area contributed by atoms with Crippen LogP contribution in [0.4, 0.5) is 10.3 Å². The minimum absolute atomic E-state index is 0.0464. The molecule has 1 aromatic carbocycles. The molecule has 0 aliphatic carbocycles. The number of aryl methyl sites for hydroxylation is 1. The van der Waals surface area contributed by atoms with E-state index in [9.17, 15) is 12.8 Å². The lowest BCUT2D eigenvalue weighted by Gasteiger charge is -2.11. The second kappa shape index (κ2) is 4.44. The highest BCUT2D eigenvalue weighted by molar-refractivity contribution is 7.91. The zero-order chi connectivity index (χ0) is 14.5. The van der Waals surface area contributed by atoms with Gasteiger partial charge in [0, 0.05) is 12.6 Å². The third-order valence-corrected chi connectivity index (χ3v) is 5.66. The monoisotopic (exact) mass is 297 g/mol. The van der Waals surface area contributed by atoms with Crippen LogP contribution in [0.15, 0.2) is 12.1 Å². The molecule has 0 saturated carbocycles. The summed E-state index contributed by atoms with van der Waals surface area (Å²) >= 11 is 0. The van der Waals surface area contributed by atoms with Crippen LogP contribution in [0.25, 0.3) is 11.0 Å². The molecule has 1 atom stereocenters. The molecule has 0 radical (unpaired) electrons. The van der Waals surface area contributed by atoms with Gasteiger partial charge in [-0.05, 0) is 30.9 Å². The summed E-state index contributed by atoms with van der Waals surface area (Å²) in [7, 11) is -2.91. The van der Waals surface area contributed by atoms with E-state index >= 15 is 0 Å². The van der Waals surface area contributed by atoms with Crippen LogP contribution in [0.1, 0.15) is 12.0 Å². The number of anilines is 1. The molecule has 1 fully saturated rings. The highest BCUT2D eigenvalue weighted by Crippen LogP contribution is 2.26. The predicted octanol–water partition coefficient (Wildman–Crippen LogP) is 1.50. The van der Waals surface area contributed by atoms with E-state index in [1.165, 1.54) is 6.07 Å². The Morgan fingerprint density at radius 3 is 2.90 bits per heavy atom. The van der Waals surface area contributed by atoms with E-state index in [1.54, 1.807) is 17.6 Å². The number of hydrogen-bond donors (Lipinski definition) is 1. The fraction of sp³-hybridized carbons (Fsp3) is 0.462. The molecule has 0 amide bonds. The van der Waals surface area contributed by atoms with Crippen LogP contribution in [-0.4, -0.2) is 29.5 Å². The van der Waals surface area contributed by atoms with Crippen LogP contribution in [0.3, 0.4) is 0 Å². The molecule has 1 aliphatic heterocycles. The Kier molecular flexibility index (Phi) is 2.97. The molecule has 3 rings (SSSR count). The van der Waals surface area contributed by atoms with Gasteiger partial charge in [-0.1, -0.05) is 0 Å². The lowest BCUT2D eigenvalue weighted by molar-refractivity contribution is 0.502. The molecule has 2 aromatic rings. The van der Waals surface area contributed by atoms with Gasteiger partial charge in [-0.15, -0.1) is 0 Å². The van der Waals surface area contributed by atoms with Gasteiger partial charge >= 0.3 is 0 Å². The van der Waals surface area contributed by atoms with Gasteiger partial charge in [-0.3, -0.25) is 0 Å². The number of sulfone groups is 1. The van der Waals surface area contributed by atoms with Gasteiger partial charge in [0.1, 0.15) is 5.82 Å². The largest absolute Gasteiger partial charge is 0.369 e. The topological polar surface area (TPSA) is 78.0 Å². The molecule has 1 aromatic heterocycles. The molecular weight excluding hydrogens is 281 g/mol. The van der Waals surface area contributed by atoms with E-state index in [4.69, 9.17) is 5.73 Å².